The Morgan fingerprint density at radius 3 is 2.17 bits per heavy atom. The molecule has 3 aromatic rings. The van der Waals surface area contributed by atoms with Gasteiger partial charge in [-0.2, -0.15) is 0 Å². The van der Waals surface area contributed by atoms with Crippen LogP contribution < -0.4 is 21.3 Å². The van der Waals surface area contributed by atoms with E-state index in [-0.39, 0.29) is 37.0 Å². The number of carbonyl (C=O) groups is 2. The molecular formula is C26H27N3O6. The van der Waals surface area contributed by atoms with Gasteiger partial charge in [0, 0.05) is 18.0 Å². The lowest BCUT2D eigenvalue weighted by atomic mass is 9.98. The second kappa shape index (κ2) is 11.0. The topological polar surface area (TPSA) is 143 Å². The SMILES string of the molecule is NNC(=O)COc1ccccc1C(O)C(O)CNC(=O)OCC1c2ccccc2-c2ccccc21. The molecule has 182 valence electrons. The van der Waals surface area contributed by atoms with Crippen molar-refractivity contribution in [2.75, 3.05) is 19.8 Å². The van der Waals surface area contributed by atoms with Crippen LogP contribution in [0.5, 0.6) is 5.75 Å². The lowest BCUT2D eigenvalue weighted by molar-refractivity contribution is -0.123. The summed E-state index contributed by atoms with van der Waals surface area (Å²) in [6, 6.07) is 22.4. The summed E-state index contributed by atoms with van der Waals surface area (Å²) in [4.78, 5) is 23.7. The second-order valence-corrected chi connectivity index (χ2v) is 8.11. The highest BCUT2D eigenvalue weighted by Gasteiger charge is 2.29. The van der Waals surface area contributed by atoms with E-state index in [1.54, 1.807) is 24.3 Å². The monoisotopic (exact) mass is 477 g/mol. The molecule has 0 saturated carbocycles. The molecule has 9 heteroatoms. The van der Waals surface area contributed by atoms with Gasteiger partial charge in [0.05, 0.1) is 0 Å². The number of para-hydroxylation sites is 1. The predicted molar refractivity (Wildman–Crippen MR) is 128 cm³/mol. The number of hydrogen-bond donors (Lipinski definition) is 5. The van der Waals surface area contributed by atoms with E-state index >= 15 is 0 Å². The van der Waals surface area contributed by atoms with Gasteiger partial charge in [-0.15, -0.1) is 0 Å². The molecule has 2 atom stereocenters. The number of ether oxygens (including phenoxy) is 2. The summed E-state index contributed by atoms with van der Waals surface area (Å²) in [5.74, 6) is 4.62. The summed E-state index contributed by atoms with van der Waals surface area (Å²) < 4.78 is 10.8. The van der Waals surface area contributed by atoms with Crippen molar-refractivity contribution >= 4 is 12.0 Å². The van der Waals surface area contributed by atoms with Gasteiger partial charge in [0.15, 0.2) is 6.61 Å². The van der Waals surface area contributed by atoms with Gasteiger partial charge in [-0.05, 0) is 28.3 Å². The second-order valence-electron chi connectivity index (χ2n) is 8.11. The van der Waals surface area contributed by atoms with Gasteiger partial charge in [0.25, 0.3) is 5.91 Å². The average Bonchev–Trinajstić information content (AvgIpc) is 3.22. The molecule has 0 bridgehead atoms. The van der Waals surface area contributed by atoms with Crippen molar-refractivity contribution in [3.05, 3.63) is 89.5 Å². The number of nitrogens with one attached hydrogen (secondary N) is 2. The summed E-state index contributed by atoms with van der Waals surface area (Å²) in [6.07, 6.45) is -3.42. The molecule has 0 spiro atoms. The summed E-state index contributed by atoms with van der Waals surface area (Å²) in [7, 11) is 0. The molecule has 0 heterocycles. The van der Waals surface area contributed by atoms with Crippen LogP contribution in [-0.2, 0) is 9.53 Å². The van der Waals surface area contributed by atoms with Crippen LogP contribution in [0.4, 0.5) is 4.79 Å². The van der Waals surface area contributed by atoms with Crippen LogP contribution in [0.15, 0.2) is 72.8 Å². The molecular weight excluding hydrogens is 450 g/mol. The Kier molecular flexibility index (Phi) is 7.61. The minimum atomic E-state index is -1.37. The van der Waals surface area contributed by atoms with E-state index in [2.05, 4.69) is 17.4 Å². The van der Waals surface area contributed by atoms with Crippen LogP contribution in [-0.4, -0.2) is 48.1 Å². The third kappa shape index (κ3) is 5.43. The lowest BCUT2D eigenvalue weighted by Gasteiger charge is -2.21. The van der Waals surface area contributed by atoms with E-state index < -0.39 is 24.2 Å². The van der Waals surface area contributed by atoms with Gasteiger partial charge in [0.2, 0.25) is 0 Å². The highest BCUT2D eigenvalue weighted by molar-refractivity contribution is 5.79. The van der Waals surface area contributed by atoms with Gasteiger partial charge in [-0.1, -0.05) is 66.7 Å². The number of carbonyl (C=O) groups excluding carboxylic acids is 2. The minimum Gasteiger partial charge on any atom is -0.483 e. The van der Waals surface area contributed by atoms with E-state index in [9.17, 15) is 19.8 Å². The molecule has 0 saturated heterocycles. The third-order valence-electron chi connectivity index (χ3n) is 5.92. The third-order valence-corrected chi connectivity index (χ3v) is 5.92. The number of benzene rings is 3. The number of hydrazine groups is 1. The first-order chi connectivity index (χ1) is 17.0. The van der Waals surface area contributed by atoms with Gasteiger partial charge in [-0.3, -0.25) is 10.2 Å². The first-order valence-electron chi connectivity index (χ1n) is 11.2. The fraction of sp³-hybridized carbons (Fsp3) is 0.231. The van der Waals surface area contributed by atoms with E-state index in [0.717, 1.165) is 22.3 Å². The number of rotatable bonds is 9. The first-order valence-corrected chi connectivity index (χ1v) is 11.2. The Morgan fingerprint density at radius 1 is 0.914 bits per heavy atom. The molecule has 35 heavy (non-hydrogen) atoms. The minimum absolute atomic E-state index is 0.0848. The van der Waals surface area contributed by atoms with Crippen molar-refractivity contribution < 1.29 is 29.3 Å². The van der Waals surface area contributed by atoms with Crippen molar-refractivity contribution in [2.24, 2.45) is 5.84 Å². The maximum absolute atomic E-state index is 12.4. The first kappa shape index (κ1) is 24.2. The normalized spacial score (nSPS) is 13.8. The number of aliphatic hydroxyl groups is 2. The van der Waals surface area contributed by atoms with Gasteiger partial charge in [0.1, 0.15) is 24.6 Å². The Bertz CT molecular complexity index is 1160. The quantitative estimate of drug-likeness (QED) is 0.180. The number of nitrogens with two attached hydrogens (primary N) is 1. The molecule has 2 amide bonds. The van der Waals surface area contributed by atoms with Crippen LogP contribution in [0.3, 0.4) is 0 Å². The fourth-order valence-electron chi connectivity index (χ4n) is 4.20. The number of hydrogen-bond acceptors (Lipinski definition) is 7. The molecule has 0 aliphatic heterocycles. The molecule has 4 rings (SSSR count). The number of fused-ring (bicyclic) bond motifs is 3. The van der Waals surface area contributed by atoms with Gasteiger partial charge < -0.3 is 25.0 Å². The number of amides is 2. The van der Waals surface area contributed by atoms with Crippen LogP contribution >= 0.6 is 0 Å². The van der Waals surface area contributed by atoms with Crippen molar-refractivity contribution in [1.82, 2.24) is 10.7 Å². The highest BCUT2D eigenvalue weighted by Crippen LogP contribution is 2.44. The molecule has 1 aliphatic rings. The average molecular weight is 478 g/mol. The van der Waals surface area contributed by atoms with Crippen LogP contribution in [0, 0.1) is 0 Å². The predicted octanol–water partition coefficient (Wildman–Crippen LogP) is 1.99. The molecule has 0 aromatic heterocycles. The maximum atomic E-state index is 12.4. The molecule has 0 fully saturated rings. The largest absolute Gasteiger partial charge is 0.483 e. The standard InChI is InChI=1S/C26H27N3O6/c27-29-24(31)15-34-23-12-6-5-11-20(23)25(32)22(30)13-28-26(33)35-14-21-18-9-3-1-7-16(18)17-8-2-4-10-19(17)21/h1-12,21-22,25,30,32H,13-15,27H2,(H,28,33)(H,29,31). The fourth-order valence-corrected chi connectivity index (χ4v) is 4.20. The zero-order chi connectivity index (χ0) is 24.8. The van der Waals surface area contributed by atoms with Crippen LogP contribution in [0.2, 0.25) is 0 Å². The Morgan fingerprint density at radius 2 is 1.51 bits per heavy atom. The Labute approximate surface area is 202 Å². The highest BCUT2D eigenvalue weighted by atomic mass is 16.5. The molecule has 3 aromatic carbocycles. The summed E-state index contributed by atoms with van der Waals surface area (Å²) in [5.41, 5.74) is 6.65. The van der Waals surface area contributed by atoms with Gasteiger partial charge >= 0.3 is 6.09 Å². The number of aliphatic hydroxyl groups excluding tert-OH is 2. The zero-order valence-corrected chi connectivity index (χ0v) is 18.9. The Balaban J connectivity index is 1.32. The van der Waals surface area contributed by atoms with E-state index in [0.29, 0.717) is 0 Å². The number of alkyl carbamates (subject to hydrolysis) is 1. The maximum Gasteiger partial charge on any atom is 0.407 e. The van der Waals surface area contributed by atoms with E-state index in [1.807, 2.05) is 41.8 Å². The van der Waals surface area contributed by atoms with Crippen molar-refractivity contribution in [1.29, 1.82) is 0 Å². The summed E-state index contributed by atoms with van der Waals surface area (Å²) in [6.45, 7) is -0.470. The molecule has 6 N–H and O–H groups in total. The van der Waals surface area contributed by atoms with Crippen molar-refractivity contribution in [3.63, 3.8) is 0 Å². The molecule has 1 aliphatic carbocycles. The van der Waals surface area contributed by atoms with Crippen molar-refractivity contribution in [2.45, 2.75) is 18.1 Å². The smallest absolute Gasteiger partial charge is 0.407 e. The lowest BCUT2D eigenvalue weighted by Crippen LogP contribution is -2.36. The Hall–Kier alpha value is -3.92. The van der Waals surface area contributed by atoms with Gasteiger partial charge in [-0.25, -0.2) is 10.6 Å². The molecule has 0 radical (unpaired) electrons. The summed E-state index contributed by atoms with van der Waals surface area (Å²) >= 11 is 0. The molecule has 2 unspecified atom stereocenters. The van der Waals surface area contributed by atoms with E-state index in [4.69, 9.17) is 15.3 Å². The zero-order valence-electron chi connectivity index (χ0n) is 18.9. The van der Waals surface area contributed by atoms with Crippen LogP contribution in [0.1, 0.15) is 28.7 Å². The van der Waals surface area contributed by atoms with E-state index in [1.165, 1.54) is 0 Å². The molecule has 9 nitrogen and oxygen atoms in total. The summed E-state index contributed by atoms with van der Waals surface area (Å²) in [5, 5.41) is 23.5. The van der Waals surface area contributed by atoms with Crippen molar-refractivity contribution in [3.8, 4) is 16.9 Å². The van der Waals surface area contributed by atoms with Crippen LogP contribution in [0.25, 0.3) is 11.1 Å².